The molecule has 0 radical (unpaired) electrons. The number of sulfonamides is 1. The van der Waals surface area contributed by atoms with Crippen molar-refractivity contribution in [1.29, 1.82) is 0 Å². The molecular formula is C27H36N2O4S. The van der Waals surface area contributed by atoms with Gasteiger partial charge in [0.2, 0.25) is 10.0 Å². The van der Waals surface area contributed by atoms with Gasteiger partial charge in [0.15, 0.2) is 5.78 Å². The van der Waals surface area contributed by atoms with Crippen LogP contribution in [0.2, 0.25) is 0 Å². The Labute approximate surface area is 203 Å². The highest BCUT2D eigenvalue weighted by molar-refractivity contribution is 7.89. The number of fused-ring (bicyclic) bond motifs is 1. The van der Waals surface area contributed by atoms with Gasteiger partial charge in [-0.15, -0.1) is 0 Å². The van der Waals surface area contributed by atoms with Crippen LogP contribution >= 0.6 is 0 Å². The van der Waals surface area contributed by atoms with Gasteiger partial charge in [0.1, 0.15) is 12.4 Å². The quantitative estimate of drug-likeness (QED) is 0.286. The Kier molecular flexibility index (Phi) is 9.30. The SMILES string of the molecule is CCCCCCCCc1ccc(OCC(=O)Cn2ccc3cc(S(=O)(=O)N(C)C)ccc32)cc1. The van der Waals surface area contributed by atoms with Gasteiger partial charge in [-0.2, -0.15) is 0 Å². The molecule has 3 rings (SSSR count). The highest BCUT2D eigenvalue weighted by Gasteiger charge is 2.18. The maximum absolute atomic E-state index is 12.5. The molecule has 0 saturated carbocycles. The van der Waals surface area contributed by atoms with Crippen molar-refractivity contribution in [2.45, 2.75) is 63.3 Å². The predicted octanol–water partition coefficient (Wildman–Crippen LogP) is 5.44. The van der Waals surface area contributed by atoms with E-state index in [1.807, 2.05) is 22.8 Å². The summed E-state index contributed by atoms with van der Waals surface area (Å²) in [4.78, 5) is 12.7. The summed E-state index contributed by atoms with van der Waals surface area (Å²) in [7, 11) is -0.485. The second-order valence-corrected chi connectivity index (χ2v) is 11.1. The van der Waals surface area contributed by atoms with E-state index in [0.29, 0.717) is 5.75 Å². The fourth-order valence-electron chi connectivity index (χ4n) is 3.95. The fraction of sp³-hybridized carbons (Fsp3) is 0.444. The van der Waals surface area contributed by atoms with E-state index in [2.05, 4.69) is 19.1 Å². The largest absolute Gasteiger partial charge is 0.486 e. The van der Waals surface area contributed by atoms with E-state index in [1.54, 1.807) is 24.4 Å². The molecule has 0 fully saturated rings. The van der Waals surface area contributed by atoms with E-state index in [0.717, 1.165) is 17.3 Å². The standard InChI is InChI=1S/C27H36N2O4S/c1-4-5-6-7-8-9-10-22-11-13-25(14-12-22)33-21-24(30)20-29-18-17-23-19-26(15-16-27(23)29)34(31,32)28(2)3/h11-19H,4-10,20-21H2,1-3H3. The number of hydrogen-bond donors (Lipinski definition) is 0. The molecule has 0 bridgehead atoms. The highest BCUT2D eigenvalue weighted by atomic mass is 32.2. The molecule has 0 aliphatic heterocycles. The van der Waals surface area contributed by atoms with Crippen LogP contribution < -0.4 is 4.74 Å². The predicted molar refractivity (Wildman–Crippen MR) is 137 cm³/mol. The minimum atomic E-state index is -3.50. The van der Waals surface area contributed by atoms with Gasteiger partial charge in [0.05, 0.1) is 11.4 Å². The van der Waals surface area contributed by atoms with Crippen LogP contribution in [0.15, 0.2) is 59.6 Å². The maximum atomic E-state index is 12.5. The first-order chi connectivity index (χ1) is 16.3. The van der Waals surface area contributed by atoms with E-state index in [9.17, 15) is 13.2 Å². The van der Waals surface area contributed by atoms with Gasteiger partial charge in [-0.3, -0.25) is 4.79 Å². The van der Waals surface area contributed by atoms with Crippen molar-refractivity contribution < 1.29 is 17.9 Å². The number of rotatable bonds is 14. The maximum Gasteiger partial charge on any atom is 0.242 e. The smallest absolute Gasteiger partial charge is 0.242 e. The lowest BCUT2D eigenvalue weighted by atomic mass is 10.0. The summed E-state index contributed by atoms with van der Waals surface area (Å²) in [6.45, 7) is 2.39. The molecule has 0 aliphatic carbocycles. The molecule has 1 heterocycles. The van der Waals surface area contributed by atoms with Crippen molar-refractivity contribution in [3.05, 3.63) is 60.3 Å². The van der Waals surface area contributed by atoms with Crippen molar-refractivity contribution in [3.63, 3.8) is 0 Å². The number of nitrogens with zero attached hydrogens (tertiary/aromatic N) is 2. The third kappa shape index (κ3) is 6.93. The molecular weight excluding hydrogens is 448 g/mol. The summed E-state index contributed by atoms with van der Waals surface area (Å²) >= 11 is 0. The lowest BCUT2D eigenvalue weighted by molar-refractivity contribution is -0.121. The number of unbranched alkanes of at least 4 members (excludes halogenated alkanes) is 5. The van der Waals surface area contributed by atoms with Crippen LogP contribution in [0.3, 0.4) is 0 Å². The molecule has 34 heavy (non-hydrogen) atoms. The third-order valence-electron chi connectivity index (χ3n) is 6.01. The van der Waals surface area contributed by atoms with Gasteiger partial charge in [-0.05, 0) is 54.8 Å². The normalized spacial score (nSPS) is 11.9. The molecule has 0 unspecified atom stereocenters. The molecule has 0 aliphatic rings. The average Bonchev–Trinajstić information content (AvgIpc) is 3.22. The monoisotopic (exact) mass is 484 g/mol. The van der Waals surface area contributed by atoms with Crippen molar-refractivity contribution in [3.8, 4) is 5.75 Å². The molecule has 184 valence electrons. The number of Topliss-reactive ketones (excluding diaryl/α,β-unsaturated/α-hetero) is 1. The molecule has 1 aromatic heterocycles. The summed E-state index contributed by atoms with van der Waals surface area (Å²) in [5.41, 5.74) is 2.11. The van der Waals surface area contributed by atoms with Gasteiger partial charge in [-0.25, -0.2) is 12.7 Å². The second kappa shape index (κ2) is 12.2. The summed E-state index contributed by atoms with van der Waals surface area (Å²) in [6, 6.07) is 14.8. The third-order valence-corrected chi connectivity index (χ3v) is 7.82. The van der Waals surface area contributed by atoms with Crippen molar-refractivity contribution >= 4 is 26.7 Å². The van der Waals surface area contributed by atoms with Gasteiger partial charge in [-0.1, -0.05) is 51.2 Å². The lowest BCUT2D eigenvalue weighted by Gasteiger charge is -2.12. The zero-order valence-electron chi connectivity index (χ0n) is 20.5. The molecule has 2 aromatic carbocycles. The number of carbonyl (C=O) groups is 1. The summed E-state index contributed by atoms with van der Waals surface area (Å²) in [6.07, 6.45) is 10.6. The number of carbonyl (C=O) groups excluding carboxylic acids is 1. The van der Waals surface area contributed by atoms with Crippen LogP contribution in [0.1, 0.15) is 51.0 Å². The summed E-state index contributed by atoms with van der Waals surface area (Å²) in [5.74, 6) is 0.634. The highest BCUT2D eigenvalue weighted by Crippen LogP contribution is 2.22. The molecule has 0 saturated heterocycles. The van der Waals surface area contributed by atoms with E-state index < -0.39 is 10.0 Å². The Hall–Kier alpha value is -2.64. The van der Waals surface area contributed by atoms with Crippen molar-refractivity contribution in [2.24, 2.45) is 0 Å². The average molecular weight is 485 g/mol. The molecule has 3 aromatic rings. The Morgan fingerprint density at radius 2 is 1.65 bits per heavy atom. The Balaban J connectivity index is 1.49. The number of ketones is 1. The van der Waals surface area contributed by atoms with Crippen molar-refractivity contribution in [1.82, 2.24) is 8.87 Å². The molecule has 0 spiro atoms. The van der Waals surface area contributed by atoms with E-state index >= 15 is 0 Å². The van der Waals surface area contributed by atoms with Gasteiger partial charge in [0, 0.05) is 31.2 Å². The Morgan fingerprint density at radius 3 is 2.35 bits per heavy atom. The number of hydrogen-bond acceptors (Lipinski definition) is 4. The minimum absolute atomic E-state index is 0.0104. The Bertz CT molecular complexity index is 1180. The van der Waals surface area contributed by atoms with Gasteiger partial charge in [0.25, 0.3) is 0 Å². The number of aromatic nitrogens is 1. The van der Waals surface area contributed by atoms with Crippen LogP contribution in [0.4, 0.5) is 0 Å². The second-order valence-electron chi connectivity index (χ2n) is 8.94. The van der Waals surface area contributed by atoms with Crippen molar-refractivity contribution in [2.75, 3.05) is 20.7 Å². The van der Waals surface area contributed by atoms with Crippen LogP contribution in [0.25, 0.3) is 10.9 Å². The van der Waals surface area contributed by atoms with Crippen LogP contribution in [-0.4, -0.2) is 43.8 Å². The summed E-state index contributed by atoms with van der Waals surface area (Å²) < 4.78 is 33.4. The molecule has 7 heteroatoms. The van der Waals surface area contributed by atoms with Crippen LogP contribution in [0, 0.1) is 0 Å². The first kappa shape index (κ1) is 26.0. The first-order valence-corrected chi connectivity index (χ1v) is 13.5. The molecule has 0 amide bonds. The number of benzene rings is 2. The first-order valence-electron chi connectivity index (χ1n) is 12.1. The molecule has 0 N–H and O–H groups in total. The lowest BCUT2D eigenvalue weighted by Crippen LogP contribution is -2.22. The molecule has 6 nitrogen and oxygen atoms in total. The minimum Gasteiger partial charge on any atom is -0.486 e. The van der Waals surface area contributed by atoms with Crippen LogP contribution in [0.5, 0.6) is 5.75 Å². The van der Waals surface area contributed by atoms with E-state index in [4.69, 9.17) is 4.74 Å². The molecule has 0 atom stereocenters. The Morgan fingerprint density at radius 1 is 0.941 bits per heavy atom. The number of ether oxygens (including phenoxy) is 1. The number of aryl methyl sites for hydroxylation is 1. The van der Waals surface area contributed by atoms with E-state index in [1.165, 1.54) is 62.5 Å². The summed E-state index contributed by atoms with van der Waals surface area (Å²) in [5, 5.41) is 0.776. The fourth-order valence-corrected chi connectivity index (χ4v) is 4.89. The zero-order valence-corrected chi connectivity index (χ0v) is 21.3. The van der Waals surface area contributed by atoms with Crippen LogP contribution in [-0.2, 0) is 27.8 Å². The zero-order chi connectivity index (χ0) is 24.6. The van der Waals surface area contributed by atoms with E-state index in [-0.39, 0.29) is 23.8 Å². The topological polar surface area (TPSA) is 68.6 Å². The van der Waals surface area contributed by atoms with Gasteiger partial charge < -0.3 is 9.30 Å². The van der Waals surface area contributed by atoms with Gasteiger partial charge >= 0.3 is 0 Å².